The van der Waals surface area contributed by atoms with E-state index in [1.807, 2.05) is 18.2 Å². The van der Waals surface area contributed by atoms with Crippen LogP contribution in [0, 0.1) is 5.92 Å². The summed E-state index contributed by atoms with van der Waals surface area (Å²) in [7, 11) is 2.16. The molecule has 2 N–H and O–H groups in total. The van der Waals surface area contributed by atoms with E-state index < -0.39 is 0 Å². The van der Waals surface area contributed by atoms with Gasteiger partial charge in [0.1, 0.15) is 0 Å². The van der Waals surface area contributed by atoms with E-state index in [2.05, 4.69) is 11.9 Å². The van der Waals surface area contributed by atoms with Crippen molar-refractivity contribution in [1.82, 2.24) is 4.90 Å². The Balaban J connectivity index is 2.36. The second-order valence-corrected chi connectivity index (χ2v) is 5.93. The number of nitrogens with two attached hydrogens (primary N) is 1. The molecule has 1 aromatic carbocycles. The normalized spacial score (nSPS) is 26.0. The first-order chi connectivity index (χ1) is 8.63. The molecule has 0 saturated carbocycles. The van der Waals surface area contributed by atoms with Gasteiger partial charge in [0.25, 0.3) is 0 Å². The Bertz CT molecular complexity index is 409. The maximum Gasteiger partial charge on any atom is 0.0468 e. The van der Waals surface area contributed by atoms with Crippen LogP contribution in [0.5, 0.6) is 0 Å². The molecule has 2 rings (SSSR count). The first-order valence-corrected chi connectivity index (χ1v) is 7.24. The minimum absolute atomic E-state index is 0.308. The smallest absolute Gasteiger partial charge is 0.0468 e. The topological polar surface area (TPSA) is 29.3 Å². The van der Waals surface area contributed by atoms with Gasteiger partial charge in [0.15, 0.2) is 0 Å². The summed E-state index contributed by atoms with van der Waals surface area (Å²) in [4.78, 5) is 2.37. The minimum atomic E-state index is 0.308. The van der Waals surface area contributed by atoms with Gasteiger partial charge in [0.05, 0.1) is 0 Å². The second-order valence-electron chi connectivity index (χ2n) is 5.08. The van der Waals surface area contributed by atoms with Crippen molar-refractivity contribution in [3.05, 3.63) is 33.8 Å². The summed E-state index contributed by atoms with van der Waals surface area (Å²) in [5.41, 5.74) is 7.10. The van der Waals surface area contributed by atoms with Gasteiger partial charge >= 0.3 is 0 Å². The third-order valence-electron chi connectivity index (χ3n) is 3.84. The van der Waals surface area contributed by atoms with Crippen LogP contribution in [0.4, 0.5) is 0 Å². The highest BCUT2D eigenvalue weighted by Crippen LogP contribution is 2.37. The molecule has 1 saturated heterocycles. The van der Waals surface area contributed by atoms with Crippen molar-refractivity contribution in [3.8, 4) is 0 Å². The molecule has 2 unspecified atom stereocenters. The molecular formula is C14H20Cl2N2. The maximum atomic E-state index is 6.35. The molecule has 0 aromatic heterocycles. The molecule has 0 amide bonds. The van der Waals surface area contributed by atoms with E-state index in [9.17, 15) is 0 Å². The first kappa shape index (κ1) is 14.1. The van der Waals surface area contributed by atoms with Crippen LogP contribution in [0.1, 0.15) is 30.9 Å². The van der Waals surface area contributed by atoms with Gasteiger partial charge in [-0.3, -0.25) is 4.90 Å². The van der Waals surface area contributed by atoms with E-state index in [4.69, 9.17) is 28.9 Å². The molecule has 1 aromatic rings. The highest BCUT2D eigenvalue weighted by molar-refractivity contribution is 6.35. The van der Waals surface area contributed by atoms with Crippen LogP contribution in [0.3, 0.4) is 0 Å². The maximum absolute atomic E-state index is 6.35. The molecular weight excluding hydrogens is 267 g/mol. The quantitative estimate of drug-likeness (QED) is 0.898. The van der Waals surface area contributed by atoms with Gasteiger partial charge in [0, 0.05) is 16.1 Å². The van der Waals surface area contributed by atoms with Crippen molar-refractivity contribution in [1.29, 1.82) is 0 Å². The van der Waals surface area contributed by atoms with Crippen LogP contribution in [0.2, 0.25) is 10.0 Å². The Morgan fingerprint density at radius 1 is 1.33 bits per heavy atom. The monoisotopic (exact) mass is 286 g/mol. The van der Waals surface area contributed by atoms with E-state index in [0.29, 0.717) is 23.5 Å². The van der Waals surface area contributed by atoms with E-state index in [0.717, 1.165) is 17.1 Å². The molecule has 0 bridgehead atoms. The van der Waals surface area contributed by atoms with Gasteiger partial charge in [-0.2, -0.15) is 0 Å². The van der Waals surface area contributed by atoms with Crippen LogP contribution in [-0.2, 0) is 0 Å². The number of likely N-dealkylation sites (tertiary alicyclic amines) is 1. The summed E-state index contributed by atoms with van der Waals surface area (Å²) in [5, 5.41) is 1.43. The van der Waals surface area contributed by atoms with Gasteiger partial charge in [-0.15, -0.1) is 0 Å². The zero-order chi connectivity index (χ0) is 13.1. The Morgan fingerprint density at radius 3 is 2.78 bits per heavy atom. The third-order valence-corrected chi connectivity index (χ3v) is 4.40. The van der Waals surface area contributed by atoms with Crippen molar-refractivity contribution in [2.75, 3.05) is 20.1 Å². The standard InChI is InChI=1S/C14H20Cl2N2/c1-18-7-3-2-4-10(9-17)14(18)12-6-5-11(15)8-13(12)16/h5-6,8,10,14H,2-4,7,9,17H2,1H3. The van der Waals surface area contributed by atoms with Gasteiger partial charge < -0.3 is 5.73 Å². The van der Waals surface area contributed by atoms with Gasteiger partial charge in [0.2, 0.25) is 0 Å². The number of rotatable bonds is 2. The van der Waals surface area contributed by atoms with Crippen molar-refractivity contribution in [2.45, 2.75) is 25.3 Å². The fourth-order valence-corrected chi connectivity index (χ4v) is 3.42. The Hall–Kier alpha value is -0.280. The SMILES string of the molecule is CN1CCCCC(CN)C1c1ccc(Cl)cc1Cl. The highest BCUT2D eigenvalue weighted by Gasteiger charge is 2.29. The number of benzene rings is 1. The average molecular weight is 287 g/mol. The summed E-state index contributed by atoms with van der Waals surface area (Å²) in [6, 6.07) is 6.09. The Kier molecular flexibility index (Phi) is 4.91. The fraction of sp³-hybridized carbons (Fsp3) is 0.571. The molecule has 0 aliphatic carbocycles. The zero-order valence-electron chi connectivity index (χ0n) is 10.7. The molecule has 0 radical (unpaired) electrons. The van der Waals surface area contributed by atoms with Crippen molar-refractivity contribution >= 4 is 23.2 Å². The molecule has 100 valence electrons. The summed E-state index contributed by atoms with van der Waals surface area (Å²) >= 11 is 12.3. The van der Waals surface area contributed by atoms with Crippen LogP contribution in [0.25, 0.3) is 0 Å². The number of hydrogen-bond donors (Lipinski definition) is 1. The summed E-state index contributed by atoms with van der Waals surface area (Å²) in [6.07, 6.45) is 3.65. The lowest BCUT2D eigenvalue weighted by Gasteiger charge is -2.32. The average Bonchev–Trinajstić information content (AvgIpc) is 2.51. The number of hydrogen-bond acceptors (Lipinski definition) is 2. The molecule has 2 nitrogen and oxygen atoms in total. The molecule has 2 atom stereocenters. The van der Waals surface area contributed by atoms with E-state index in [1.165, 1.54) is 19.3 Å². The van der Waals surface area contributed by atoms with E-state index in [1.54, 1.807) is 0 Å². The van der Waals surface area contributed by atoms with Crippen LogP contribution in [0.15, 0.2) is 18.2 Å². The Morgan fingerprint density at radius 2 is 2.11 bits per heavy atom. The number of halogens is 2. The largest absolute Gasteiger partial charge is 0.330 e. The molecule has 4 heteroatoms. The lowest BCUT2D eigenvalue weighted by atomic mass is 9.89. The van der Waals surface area contributed by atoms with Gasteiger partial charge in [-0.1, -0.05) is 35.7 Å². The summed E-state index contributed by atoms with van der Waals surface area (Å²) in [5.74, 6) is 0.469. The number of nitrogens with zero attached hydrogens (tertiary/aromatic N) is 1. The zero-order valence-corrected chi connectivity index (χ0v) is 12.2. The van der Waals surface area contributed by atoms with Crippen molar-refractivity contribution in [2.24, 2.45) is 11.7 Å². The van der Waals surface area contributed by atoms with Crippen LogP contribution in [-0.4, -0.2) is 25.0 Å². The molecule has 0 spiro atoms. The van der Waals surface area contributed by atoms with Gasteiger partial charge in [-0.25, -0.2) is 0 Å². The first-order valence-electron chi connectivity index (χ1n) is 6.48. The highest BCUT2D eigenvalue weighted by atomic mass is 35.5. The molecule has 18 heavy (non-hydrogen) atoms. The van der Waals surface area contributed by atoms with Crippen molar-refractivity contribution in [3.63, 3.8) is 0 Å². The molecule has 1 aliphatic heterocycles. The van der Waals surface area contributed by atoms with Crippen LogP contribution >= 0.6 is 23.2 Å². The minimum Gasteiger partial charge on any atom is -0.330 e. The molecule has 1 heterocycles. The molecule has 1 fully saturated rings. The predicted molar refractivity (Wildman–Crippen MR) is 78.2 cm³/mol. The van der Waals surface area contributed by atoms with Crippen molar-refractivity contribution < 1.29 is 0 Å². The lowest BCUT2D eigenvalue weighted by molar-refractivity contribution is 0.196. The second kappa shape index (κ2) is 6.25. The fourth-order valence-electron chi connectivity index (χ4n) is 2.90. The molecule has 1 aliphatic rings. The van der Waals surface area contributed by atoms with E-state index in [-0.39, 0.29) is 0 Å². The van der Waals surface area contributed by atoms with Crippen LogP contribution < -0.4 is 5.73 Å². The lowest BCUT2D eigenvalue weighted by Crippen LogP contribution is -2.33. The predicted octanol–water partition coefficient (Wildman–Crippen LogP) is 3.73. The van der Waals surface area contributed by atoms with E-state index >= 15 is 0 Å². The Labute approximate surface area is 119 Å². The van der Waals surface area contributed by atoms with Gasteiger partial charge in [-0.05, 0) is 56.6 Å². The third kappa shape index (κ3) is 3.00. The summed E-state index contributed by atoms with van der Waals surface area (Å²) in [6.45, 7) is 1.80. The summed E-state index contributed by atoms with van der Waals surface area (Å²) < 4.78 is 0.